The minimum atomic E-state index is 1.22. The number of rotatable bonds is 3. The van der Waals surface area contributed by atoms with E-state index in [2.05, 4.69) is 0 Å². The zero-order valence-corrected chi connectivity index (χ0v) is 7.71. The molecule has 0 amide bonds. The Morgan fingerprint density at radius 2 is 0.917 bits per heavy atom. The largest absolute Gasteiger partial charge is 0.0499 e. The Balaban J connectivity index is 1.37. The lowest BCUT2D eigenvalue weighted by atomic mass is 10.1. The highest BCUT2D eigenvalue weighted by molar-refractivity contribution is 5.09. The van der Waals surface area contributed by atoms with E-state index in [1.54, 1.807) is 38.5 Å². The first-order valence-electron chi connectivity index (χ1n) is 5.93. The van der Waals surface area contributed by atoms with Crippen LogP contribution >= 0.6 is 0 Å². The molecule has 4 atom stereocenters. The second-order valence-electron chi connectivity index (χ2n) is 5.80. The molecule has 0 unspecified atom stereocenters. The van der Waals surface area contributed by atoms with E-state index < -0.39 is 0 Å². The van der Waals surface area contributed by atoms with E-state index in [-0.39, 0.29) is 0 Å². The second-order valence-corrected chi connectivity index (χ2v) is 5.80. The Hall–Kier alpha value is 0. The van der Waals surface area contributed by atoms with Gasteiger partial charge in [0.05, 0.1) is 0 Å². The number of hydrogen-bond donors (Lipinski definition) is 0. The first kappa shape index (κ1) is 6.45. The summed E-state index contributed by atoms with van der Waals surface area (Å²) in [4.78, 5) is 0. The quantitative estimate of drug-likeness (QED) is 0.598. The standard InChI is InChI=1S/C12H18/c1-2-7(1)9-5-11(9)12-6-10(12)8-3-4-8/h7-12H,1-6H2/t9-,10-,11+,12+/m1/s1. The van der Waals surface area contributed by atoms with Crippen molar-refractivity contribution in [3.63, 3.8) is 0 Å². The fourth-order valence-electron chi connectivity index (χ4n) is 3.59. The molecule has 4 aliphatic carbocycles. The molecule has 0 radical (unpaired) electrons. The van der Waals surface area contributed by atoms with Crippen LogP contribution < -0.4 is 0 Å². The van der Waals surface area contributed by atoms with E-state index in [1.807, 2.05) is 0 Å². The summed E-state index contributed by atoms with van der Waals surface area (Å²) in [5.74, 6) is 7.38. The van der Waals surface area contributed by atoms with Gasteiger partial charge >= 0.3 is 0 Å². The van der Waals surface area contributed by atoms with Gasteiger partial charge in [-0.3, -0.25) is 0 Å². The molecule has 0 aromatic carbocycles. The Morgan fingerprint density at radius 1 is 0.500 bits per heavy atom. The minimum absolute atomic E-state index is 1.22. The van der Waals surface area contributed by atoms with Gasteiger partial charge in [-0.05, 0) is 74.0 Å². The third-order valence-electron chi connectivity index (χ3n) is 4.79. The summed E-state index contributed by atoms with van der Waals surface area (Å²) in [6.07, 6.45) is 9.62. The van der Waals surface area contributed by atoms with Crippen LogP contribution in [0.4, 0.5) is 0 Å². The molecular formula is C12H18. The molecule has 0 aromatic heterocycles. The lowest BCUT2D eigenvalue weighted by molar-refractivity contribution is 0.522. The maximum atomic E-state index is 1.64. The molecule has 12 heavy (non-hydrogen) atoms. The maximum Gasteiger partial charge on any atom is -0.0349 e. The van der Waals surface area contributed by atoms with Crippen LogP contribution in [0.25, 0.3) is 0 Å². The molecule has 0 heterocycles. The molecular weight excluding hydrogens is 144 g/mol. The van der Waals surface area contributed by atoms with Gasteiger partial charge in [0.25, 0.3) is 0 Å². The van der Waals surface area contributed by atoms with E-state index >= 15 is 0 Å². The van der Waals surface area contributed by atoms with Gasteiger partial charge in [0.1, 0.15) is 0 Å². The van der Waals surface area contributed by atoms with Crippen LogP contribution in [0, 0.1) is 35.5 Å². The lowest BCUT2D eigenvalue weighted by Crippen LogP contribution is -1.91. The highest BCUT2D eigenvalue weighted by atomic mass is 14.6. The average Bonchev–Trinajstić information content (AvgIpc) is 2.81. The van der Waals surface area contributed by atoms with Crippen molar-refractivity contribution in [2.24, 2.45) is 35.5 Å². The van der Waals surface area contributed by atoms with Gasteiger partial charge in [0, 0.05) is 0 Å². The number of hydrogen-bond acceptors (Lipinski definition) is 0. The monoisotopic (exact) mass is 162 g/mol. The molecule has 4 fully saturated rings. The normalized spacial score (nSPS) is 57.0. The van der Waals surface area contributed by atoms with Gasteiger partial charge < -0.3 is 0 Å². The fraction of sp³-hybridized carbons (Fsp3) is 1.00. The summed E-state index contributed by atoms with van der Waals surface area (Å²) >= 11 is 0. The molecule has 0 heteroatoms. The van der Waals surface area contributed by atoms with Crippen molar-refractivity contribution in [1.82, 2.24) is 0 Å². The van der Waals surface area contributed by atoms with Gasteiger partial charge in [0.2, 0.25) is 0 Å². The minimum Gasteiger partial charge on any atom is -0.0499 e. The summed E-state index contributed by atoms with van der Waals surface area (Å²) in [6.45, 7) is 0. The average molecular weight is 162 g/mol. The molecule has 0 aromatic rings. The van der Waals surface area contributed by atoms with Gasteiger partial charge in [0.15, 0.2) is 0 Å². The van der Waals surface area contributed by atoms with Crippen molar-refractivity contribution in [1.29, 1.82) is 0 Å². The smallest absolute Gasteiger partial charge is 0.0349 e. The summed E-state index contributed by atoms with van der Waals surface area (Å²) in [6, 6.07) is 0. The Kier molecular flexibility index (Phi) is 1.03. The van der Waals surface area contributed by atoms with Crippen LogP contribution in [-0.4, -0.2) is 0 Å². The Bertz CT molecular complexity index is 188. The van der Waals surface area contributed by atoms with Crippen molar-refractivity contribution in [3.8, 4) is 0 Å². The molecule has 0 bridgehead atoms. The lowest BCUT2D eigenvalue weighted by Gasteiger charge is -1.95. The summed E-state index contributed by atoms with van der Waals surface area (Å²) in [5, 5.41) is 0. The van der Waals surface area contributed by atoms with Crippen molar-refractivity contribution < 1.29 is 0 Å². The molecule has 4 saturated carbocycles. The van der Waals surface area contributed by atoms with Crippen LogP contribution in [0.1, 0.15) is 38.5 Å². The van der Waals surface area contributed by atoms with Gasteiger partial charge in [-0.1, -0.05) is 0 Å². The molecule has 0 N–H and O–H groups in total. The Morgan fingerprint density at radius 3 is 1.25 bits per heavy atom. The van der Waals surface area contributed by atoms with E-state index in [0.717, 1.165) is 0 Å². The SMILES string of the molecule is C1CC1[C@H]1C[C@@H]1[C@H]1C[C@@H]1C1CC1. The van der Waals surface area contributed by atoms with Crippen LogP contribution in [0.5, 0.6) is 0 Å². The maximum absolute atomic E-state index is 1.64. The summed E-state index contributed by atoms with van der Waals surface area (Å²) in [7, 11) is 0. The van der Waals surface area contributed by atoms with E-state index in [0.29, 0.717) is 0 Å². The van der Waals surface area contributed by atoms with Crippen LogP contribution in [0.2, 0.25) is 0 Å². The summed E-state index contributed by atoms with van der Waals surface area (Å²) in [5.41, 5.74) is 0. The van der Waals surface area contributed by atoms with Crippen LogP contribution in [0.3, 0.4) is 0 Å². The molecule has 4 aliphatic rings. The zero-order valence-electron chi connectivity index (χ0n) is 7.71. The van der Waals surface area contributed by atoms with Crippen LogP contribution in [0.15, 0.2) is 0 Å². The van der Waals surface area contributed by atoms with Gasteiger partial charge in [-0.15, -0.1) is 0 Å². The van der Waals surface area contributed by atoms with Crippen molar-refractivity contribution in [2.45, 2.75) is 38.5 Å². The highest BCUT2D eigenvalue weighted by Crippen LogP contribution is 2.68. The summed E-state index contributed by atoms with van der Waals surface area (Å²) < 4.78 is 0. The van der Waals surface area contributed by atoms with Crippen LogP contribution in [-0.2, 0) is 0 Å². The fourth-order valence-corrected chi connectivity index (χ4v) is 3.59. The van der Waals surface area contributed by atoms with E-state index in [1.165, 1.54) is 35.5 Å². The first-order valence-corrected chi connectivity index (χ1v) is 5.93. The third kappa shape index (κ3) is 0.900. The third-order valence-corrected chi connectivity index (χ3v) is 4.79. The first-order chi connectivity index (χ1) is 5.93. The predicted molar refractivity (Wildman–Crippen MR) is 48.6 cm³/mol. The Labute approximate surface area is 74.7 Å². The molecule has 0 nitrogen and oxygen atoms in total. The molecule has 4 rings (SSSR count). The van der Waals surface area contributed by atoms with Crippen molar-refractivity contribution in [2.75, 3.05) is 0 Å². The second kappa shape index (κ2) is 1.91. The molecule has 0 saturated heterocycles. The zero-order chi connectivity index (χ0) is 7.71. The van der Waals surface area contributed by atoms with Gasteiger partial charge in [-0.2, -0.15) is 0 Å². The van der Waals surface area contributed by atoms with Crippen molar-refractivity contribution in [3.05, 3.63) is 0 Å². The van der Waals surface area contributed by atoms with E-state index in [4.69, 9.17) is 0 Å². The van der Waals surface area contributed by atoms with Gasteiger partial charge in [-0.25, -0.2) is 0 Å². The van der Waals surface area contributed by atoms with Crippen molar-refractivity contribution >= 4 is 0 Å². The topological polar surface area (TPSA) is 0 Å². The predicted octanol–water partition coefficient (Wildman–Crippen LogP) is 3.08. The molecule has 0 aliphatic heterocycles. The highest BCUT2D eigenvalue weighted by Gasteiger charge is 2.59. The molecule has 66 valence electrons. The van der Waals surface area contributed by atoms with E-state index in [9.17, 15) is 0 Å². The molecule has 0 spiro atoms.